The second kappa shape index (κ2) is 6.52. The molecule has 0 aromatic heterocycles. The van der Waals surface area contributed by atoms with Crippen molar-refractivity contribution >= 4 is 17.8 Å². The van der Waals surface area contributed by atoms with E-state index in [0.29, 0.717) is 25.0 Å². The van der Waals surface area contributed by atoms with Gasteiger partial charge in [0.25, 0.3) is 0 Å². The summed E-state index contributed by atoms with van der Waals surface area (Å²) in [5.74, 6) is -0.386. The van der Waals surface area contributed by atoms with E-state index in [1.165, 1.54) is 5.57 Å². The number of Topliss-reactive ketones (excluding diaryl/α,β-unsaturated/α-hetero) is 1. The maximum Gasteiger partial charge on any atom is 0.162 e. The SMILES string of the molecule is C[C@]12CCC(=NO)C=C1CC[C@@H]1[C@@H]2[C@@H](O)C[C@]2(C=O)[C@@H](C(=O)CO)CC[C@@H]12. The second-order valence-corrected chi connectivity index (χ2v) is 9.27. The molecule has 0 spiro atoms. The lowest BCUT2D eigenvalue weighted by Crippen LogP contribution is -2.58. The Morgan fingerprint density at radius 1 is 1.33 bits per heavy atom. The standard InChI is InChI=1S/C21H29NO5/c1-20-7-6-13(22-27)8-12(20)2-3-14-15-4-5-16(18(26)10-23)21(15,11-24)9-17(25)19(14)20/h8,11,14-17,19,23,25,27H,2-7,9-10H2,1H3/t14-,15-,16+,17-,19+,20-,21+/m0/s1. The highest BCUT2D eigenvalue weighted by atomic mass is 16.4. The van der Waals surface area contributed by atoms with Crippen molar-refractivity contribution in [2.24, 2.45) is 39.7 Å². The van der Waals surface area contributed by atoms with Gasteiger partial charge in [-0.15, -0.1) is 0 Å². The van der Waals surface area contributed by atoms with Crippen LogP contribution in [0.25, 0.3) is 0 Å². The first-order valence-electron chi connectivity index (χ1n) is 10.1. The van der Waals surface area contributed by atoms with Crippen molar-refractivity contribution in [1.29, 1.82) is 0 Å². The highest BCUT2D eigenvalue weighted by molar-refractivity contribution is 5.96. The van der Waals surface area contributed by atoms with Gasteiger partial charge in [-0.2, -0.15) is 0 Å². The number of carbonyl (C=O) groups excluding carboxylic acids is 2. The van der Waals surface area contributed by atoms with Gasteiger partial charge in [-0.3, -0.25) is 4.79 Å². The zero-order valence-corrected chi connectivity index (χ0v) is 15.8. The van der Waals surface area contributed by atoms with Gasteiger partial charge in [0.15, 0.2) is 5.78 Å². The van der Waals surface area contributed by atoms with Crippen LogP contribution in [0, 0.1) is 34.5 Å². The second-order valence-electron chi connectivity index (χ2n) is 9.27. The number of hydrogen-bond donors (Lipinski definition) is 3. The average Bonchev–Trinajstić information content (AvgIpc) is 3.05. The van der Waals surface area contributed by atoms with Crippen LogP contribution < -0.4 is 0 Å². The van der Waals surface area contributed by atoms with Gasteiger partial charge in [0, 0.05) is 11.3 Å². The summed E-state index contributed by atoms with van der Waals surface area (Å²) >= 11 is 0. The lowest BCUT2D eigenvalue weighted by atomic mass is 9.45. The molecule has 0 unspecified atom stereocenters. The third-order valence-electron chi connectivity index (χ3n) is 8.41. The fraction of sp³-hybridized carbons (Fsp3) is 0.762. The molecule has 0 saturated heterocycles. The molecule has 3 N–H and O–H groups in total. The van der Waals surface area contributed by atoms with E-state index in [9.17, 15) is 19.8 Å². The van der Waals surface area contributed by atoms with Crippen LogP contribution in [0.5, 0.6) is 0 Å². The molecule has 4 aliphatic rings. The Morgan fingerprint density at radius 2 is 2.11 bits per heavy atom. The Labute approximate surface area is 159 Å². The molecule has 6 nitrogen and oxygen atoms in total. The third-order valence-corrected chi connectivity index (χ3v) is 8.41. The number of aliphatic hydroxyl groups excluding tert-OH is 2. The van der Waals surface area contributed by atoms with Crippen LogP contribution in [0.3, 0.4) is 0 Å². The molecule has 7 atom stereocenters. The number of rotatable bonds is 3. The molecule has 0 radical (unpaired) electrons. The number of hydrogen-bond acceptors (Lipinski definition) is 6. The number of fused-ring (bicyclic) bond motifs is 5. The fourth-order valence-electron chi connectivity index (χ4n) is 7.27. The molecule has 27 heavy (non-hydrogen) atoms. The predicted molar refractivity (Wildman–Crippen MR) is 98.3 cm³/mol. The number of nitrogens with zero attached hydrogens (tertiary/aromatic N) is 1. The summed E-state index contributed by atoms with van der Waals surface area (Å²) in [5.41, 5.74) is 0.944. The van der Waals surface area contributed by atoms with E-state index in [2.05, 4.69) is 12.1 Å². The summed E-state index contributed by atoms with van der Waals surface area (Å²) < 4.78 is 0. The molecule has 3 saturated carbocycles. The average molecular weight is 375 g/mol. The smallest absolute Gasteiger partial charge is 0.162 e. The topological polar surface area (TPSA) is 107 Å². The Hall–Kier alpha value is -1.53. The molecular weight excluding hydrogens is 346 g/mol. The Kier molecular flexibility index (Phi) is 4.54. The quantitative estimate of drug-likeness (QED) is 0.398. The van der Waals surface area contributed by atoms with Crippen LogP contribution in [-0.2, 0) is 9.59 Å². The van der Waals surface area contributed by atoms with Crippen LogP contribution in [0.4, 0.5) is 0 Å². The van der Waals surface area contributed by atoms with Gasteiger partial charge in [0.2, 0.25) is 0 Å². The lowest BCUT2D eigenvalue weighted by Gasteiger charge is -2.59. The normalized spacial score (nSPS) is 47.6. The van der Waals surface area contributed by atoms with E-state index in [1.807, 2.05) is 6.08 Å². The fourth-order valence-corrected chi connectivity index (χ4v) is 7.27. The predicted octanol–water partition coefficient (Wildman–Crippen LogP) is 2.11. The van der Waals surface area contributed by atoms with Crippen molar-refractivity contribution in [3.8, 4) is 0 Å². The third kappa shape index (κ3) is 2.49. The minimum absolute atomic E-state index is 0.0544. The van der Waals surface area contributed by atoms with Crippen molar-refractivity contribution in [3.63, 3.8) is 0 Å². The lowest BCUT2D eigenvalue weighted by molar-refractivity contribution is -0.156. The van der Waals surface area contributed by atoms with E-state index >= 15 is 0 Å². The number of oxime groups is 1. The Bertz CT molecular complexity index is 715. The highest BCUT2D eigenvalue weighted by Crippen LogP contribution is 2.66. The van der Waals surface area contributed by atoms with Crippen molar-refractivity contribution in [2.75, 3.05) is 6.61 Å². The molecule has 4 aliphatic carbocycles. The van der Waals surface area contributed by atoms with Crippen molar-refractivity contribution in [1.82, 2.24) is 0 Å². The van der Waals surface area contributed by atoms with E-state index in [1.54, 1.807) is 0 Å². The number of aldehydes is 1. The molecule has 0 aromatic carbocycles. The first-order valence-corrected chi connectivity index (χ1v) is 10.1. The van der Waals surface area contributed by atoms with Gasteiger partial charge in [0.05, 0.1) is 11.8 Å². The van der Waals surface area contributed by atoms with Crippen LogP contribution in [0.1, 0.15) is 51.9 Å². The summed E-state index contributed by atoms with van der Waals surface area (Å²) in [6.45, 7) is 1.66. The number of allylic oxidation sites excluding steroid dienone is 2. The van der Waals surface area contributed by atoms with Crippen LogP contribution in [0.2, 0.25) is 0 Å². The van der Waals surface area contributed by atoms with Gasteiger partial charge >= 0.3 is 0 Å². The number of ketones is 1. The van der Waals surface area contributed by atoms with Gasteiger partial charge in [0.1, 0.15) is 12.9 Å². The van der Waals surface area contributed by atoms with Crippen LogP contribution in [0.15, 0.2) is 16.8 Å². The van der Waals surface area contributed by atoms with Crippen LogP contribution in [-0.4, -0.2) is 45.9 Å². The molecule has 0 aromatic rings. The molecule has 0 heterocycles. The number of aliphatic hydroxyl groups is 2. The van der Waals surface area contributed by atoms with Crippen molar-refractivity contribution < 1.29 is 25.0 Å². The minimum Gasteiger partial charge on any atom is -0.411 e. The van der Waals surface area contributed by atoms with Gasteiger partial charge in [-0.25, -0.2) is 0 Å². The largest absolute Gasteiger partial charge is 0.411 e. The van der Waals surface area contributed by atoms with Crippen LogP contribution >= 0.6 is 0 Å². The maximum atomic E-state index is 12.3. The zero-order valence-electron chi connectivity index (χ0n) is 15.8. The zero-order chi connectivity index (χ0) is 19.4. The molecule has 4 rings (SSSR count). The van der Waals surface area contributed by atoms with Gasteiger partial charge in [-0.1, -0.05) is 17.7 Å². The van der Waals surface area contributed by atoms with E-state index in [4.69, 9.17) is 5.21 Å². The molecule has 6 heteroatoms. The molecule has 0 bridgehead atoms. The molecule has 3 fully saturated rings. The highest BCUT2D eigenvalue weighted by Gasteiger charge is 2.64. The monoisotopic (exact) mass is 375 g/mol. The Morgan fingerprint density at radius 3 is 2.78 bits per heavy atom. The summed E-state index contributed by atoms with van der Waals surface area (Å²) in [6, 6.07) is 0. The summed E-state index contributed by atoms with van der Waals surface area (Å²) in [5, 5.41) is 33.1. The summed E-state index contributed by atoms with van der Waals surface area (Å²) in [6.07, 6.45) is 7.26. The molecule has 0 amide bonds. The minimum atomic E-state index is -0.829. The van der Waals surface area contributed by atoms with Crippen molar-refractivity contribution in [3.05, 3.63) is 11.6 Å². The van der Waals surface area contributed by atoms with E-state index in [0.717, 1.165) is 32.0 Å². The van der Waals surface area contributed by atoms with Gasteiger partial charge in [-0.05, 0) is 74.2 Å². The van der Waals surface area contributed by atoms with Gasteiger partial charge < -0.3 is 20.2 Å². The van der Waals surface area contributed by atoms with Crippen molar-refractivity contribution in [2.45, 2.75) is 58.0 Å². The molecule has 148 valence electrons. The first kappa shape index (κ1) is 18.8. The summed E-state index contributed by atoms with van der Waals surface area (Å²) in [4.78, 5) is 24.6. The number of carbonyl (C=O) groups is 2. The van der Waals surface area contributed by atoms with E-state index in [-0.39, 0.29) is 29.0 Å². The molecular formula is C21H29NO5. The maximum absolute atomic E-state index is 12.3. The Balaban J connectivity index is 1.73. The summed E-state index contributed by atoms with van der Waals surface area (Å²) in [7, 11) is 0. The van der Waals surface area contributed by atoms with E-state index < -0.39 is 24.0 Å². The molecule has 0 aliphatic heterocycles. The first-order chi connectivity index (χ1) is 12.9.